The molecule has 24 heavy (non-hydrogen) atoms. The number of esters is 1. The summed E-state index contributed by atoms with van der Waals surface area (Å²) in [5.74, 6) is 0.0491. The lowest BCUT2D eigenvalue weighted by atomic mass is 9.34. The second kappa shape index (κ2) is 4.34. The maximum absolute atomic E-state index is 13.3. The highest BCUT2D eigenvalue weighted by Gasteiger charge is 2.75. The van der Waals surface area contributed by atoms with Crippen molar-refractivity contribution in [2.24, 2.45) is 22.7 Å². The van der Waals surface area contributed by atoms with Crippen LogP contribution in [0.15, 0.2) is 34.7 Å². The molecule has 4 aliphatic rings. The average molecular weight is 328 g/mol. The number of hydrogen-bond acceptors (Lipinski definition) is 4. The van der Waals surface area contributed by atoms with Crippen molar-refractivity contribution in [3.05, 3.63) is 35.8 Å². The topological polar surface area (TPSA) is 59.7 Å². The summed E-state index contributed by atoms with van der Waals surface area (Å²) in [5.41, 5.74) is 0.780. The highest BCUT2D eigenvalue weighted by atomic mass is 16.5. The Morgan fingerprint density at radius 1 is 1.33 bits per heavy atom. The van der Waals surface area contributed by atoms with E-state index in [0.29, 0.717) is 0 Å². The Morgan fingerprint density at radius 3 is 2.92 bits per heavy atom. The molecule has 0 amide bonds. The van der Waals surface area contributed by atoms with Gasteiger partial charge in [0.05, 0.1) is 23.5 Å². The first-order valence-electron chi connectivity index (χ1n) is 9.04. The Balaban J connectivity index is 1.62. The molecule has 1 spiro atoms. The van der Waals surface area contributed by atoms with Gasteiger partial charge in [-0.2, -0.15) is 0 Å². The van der Waals surface area contributed by atoms with Gasteiger partial charge in [-0.05, 0) is 50.0 Å². The van der Waals surface area contributed by atoms with E-state index in [2.05, 4.69) is 19.9 Å². The fourth-order valence-electron chi connectivity index (χ4n) is 6.89. The quantitative estimate of drug-likeness (QED) is 0.630. The van der Waals surface area contributed by atoms with Crippen molar-refractivity contribution in [2.75, 3.05) is 0 Å². The van der Waals surface area contributed by atoms with Gasteiger partial charge >= 0.3 is 5.97 Å². The first-order valence-corrected chi connectivity index (χ1v) is 9.04. The molecule has 1 aliphatic heterocycles. The van der Waals surface area contributed by atoms with Crippen LogP contribution in [0.1, 0.15) is 57.6 Å². The van der Waals surface area contributed by atoms with E-state index in [4.69, 9.17) is 9.15 Å². The molecule has 2 heterocycles. The highest BCUT2D eigenvalue weighted by Crippen LogP contribution is 2.74. The molecule has 0 bridgehead atoms. The van der Waals surface area contributed by atoms with Crippen molar-refractivity contribution in [1.29, 1.82) is 0 Å². The van der Waals surface area contributed by atoms with Gasteiger partial charge in [0, 0.05) is 11.5 Å². The molecule has 1 saturated heterocycles. The van der Waals surface area contributed by atoms with Crippen LogP contribution in [0.25, 0.3) is 0 Å². The van der Waals surface area contributed by atoms with E-state index in [-0.39, 0.29) is 29.3 Å². The van der Waals surface area contributed by atoms with Gasteiger partial charge in [0.25, 0.3) is 0 Å². The molecule has 128 valence electrons. The van der Waals surface area contributed by atoms with Crippen LogP contribution >= 0.6 is 0 Å². The van der Waals surface area contributed by atoms with Crippen molar-refractivity contribution in [3.8, 4) is 0 Å². The minimum atomic E-state index is -0.822. The molecule has 2 saturated carbocycles. The summed E-state index contributed by atoms with van der Waals surface area (Å²) in [6, 6.07) is 1.88. The molecule has 5 rings (SSSR count). The average Bonchev–Trinajstić information content (AvgIpc) is 3.01. The van der Waals surface area contributed by atoms with Crippen LogP contribution in [0, 0.1) is 22.7 Å². The third-order valence-corrected chi connectivity index (χ3v) is 7.38. The van der Waals surface area contributed by atoms with E-state index in [0.717, 1.165) is 43.2 Å². The minimum absolute atomic E-state index is 0.00208. The summed E-state index contributed by atoms with van der Waals surface area (Å²) in [6.45, 7) is 4.32. The zero-order valence-corrected chi connectivity index (χ0v) is 14.2. The molecule has 1 N–H and O–H groups in total. The Bertz CT molecular complexity index is 735. The Labute approximate surface area is 141 Å². The fourth-order valence-corrected chi connectivity index (χ4v) is 6.89. The van der Waals surface area contributed by atoms with E-state index in [1.165, 1.54) is 0 Å². The molecule has 1 aromatic rings. The van der Waals surface area contributed by atoms with Gasteiger partial charge in [0.2, 0.25) is 0 Å². The molecule has 0 unspecified atom stereocenters. The number of ether oxygens (including phenoxy) is 1. The normalized spacial score (nSPS) is 49.4. The first kappa shape index (κ1) is 14.8. The fraction of sp³-hybridized carbons (Fsp3) is 0.650. The van der Waals surface area contributed by atoms with Crippen LogP contribution in [0.5, 0.6) is 0 Å². The standard InChI is InChI=1S/C20H24O4/c1-12-9-19(22)11-18(2)5-3-6-20(16(18)19)14(12)8-15(24-17(20)21)13-4-7-23-10-13/h4,7,9-10,14-16,22H,3,5-6,8,11H2,1-2H3/t14-,15+,16-,18-,19-,20-/m0/s1. The maximum Gasteiger partial charge on any atom is 0.313 e. The Hall–Kier alpha value is -1.55. The lowest BCUT2D eigenvalue weighted by molar-refractivity contribution is -0.268. The van der Waals surface area contributed by atoms with Crippen molar-refractivity contribution in [1.82, 2.24) is 0 Å². The number of aliphatic hydroxyl groups is 1. The van der Waals surface area contributed by atoms with Crippen molar-refractivity contribution in [3.63, 3.8) is 0 Å². The van der Waals surface area contributed by atoms with E-state index in [9.17, 15) is 9.90 Å². The summed E-state index contributed by atoms with van der Waals surface area (Å²) in [7, 11) is 0. The molecule has 0 aromatic carbocycles. The lowest BCUT2D eigenvalue weighted by Crippen LogP contribution is -2.73. The largest absolute Gasteiger partial charge is 0.472 e. The van der Waals surface area contributed by atoms with Gasteiger partial charge in [-0.1, -0.05) is 25.0 Å². The van der Waals surface area contributed by atoms with Crippen LogP contribution in [-0.2, 0) is 9.53 Å². The summed E-state index contributed by atoms with van der Waals surface area (Å²) < 4.78 is 11.1. The van der Waals surface area contributed by atoms with E-state index >= 15 is 0 Å². The van der Waals surface area contributed by atoms with Gasteiger partial charge in [-0.15, -0.1) is 0 Å². The van der Waals surface area contributed by atoms with Gasteiger partial charge in [-0.25, -0.2) is 0 Å². The molecule has 3 fully saturated rings. The predicted octanol–water partition coefficient (Wildman–Crippen LogP) is 3.77. The molecule has 1 aromatic heterocycles. The molecule has 0 radical (unpaired) electrons. The van der Waals surface area contributed by atoms with Crippen LogP contribution in [-0.4, -0.2) is 16.7 Å². The number of carbonyl (C=O) groups is 1. The Kier molecular flexibility index (Phi) is 2.67. The van der Waals surface area contributed by atoms with Crippen LogP contribution in [0.3, 0.4) is 0 Å². The summed E-state index contributed by atoms with van der Waals surface area (Å²) in [4.78, 5) is 13.3. The highest BCUT2D eigenvalue weighted by molar-refractivity contribution is 5.81. The second-order valence-corrected chi connectivity index (χ2v) is 8.78. The predicted molar refractivity (Wildman–Crippen MR) is 86.9 cm³/mol. The zero-order chi connectivity index (χ0) is 16.7. The number of carbonyl (C=O) groups excluding carboxylic acids is 1. The van der Waals surface area contributed by atoms with Crippen LogP contribution in [0.4, 0.5) is 0 Å². The van der Waals surface area contributed by atoms with Crippen molar-refractivity contribution < 1.29 is 19.1 Å². The summed E-state index contributed by atoms with van der Waals surface area (Å²) in [6.07, 6.45) is 9.64. The molecule has 3 aliphatic carbocycles. The van der Waals surface area contributed by atoms with Gasteiger partial charge in [0.15, 0.2) is 0 Å². The third-order valence-electron chi connectivity index (χ3n) is 7.38. The minimum Gasteiger partial charge on any atom is -0.472 e. The Morgan fingerprint density at radius 2 is 2.17 bits per heavy atom. The van der Waals surface area contributed by atoms with Crippen molar-refractivity contribution >= 4 is 5.97 Å². The number of cyclic esters (lactones) is 1. The molecule has 4 heteroatoms. The third kappa shape index (κ3) is 1.56. The smallest absolute Gasteiger partial charge is 0.313 e. The summed E-state index contributed by atoms with van der Waals surface area (Å²) >= 11 is 0. The van der Waals surface area contributed by atoms with Gasteiger partial charge in [-0.3, -0.25) is 4.79 Å². The molecular formula is C20H24O4. The lowest BCUT2D eigenvalue weighted by Gasteiger charge is -2.71. The first-order chi connectivity index (χ1) is 11.4. The molecule has 4 nitrogen and oxygen atoms in total. The zero-order valence-electron chi connectivity index (χ0n) is 14.2. The van der Waals surface area contributed by atoms with Gasteiger partial charge in [0.1, 0.15) is 6.10 Å². The van der Waals surface area contributed by atoms with Crippen molar-refractivity contribution in [2.45, 2.75) is 57.7 Å². The van der Waals surface area contributed by atoms with Gasteiger partial charge < -0.3 is 14.3 Å². The SMILES string of the molecule is CC1=C[C@]2(O)C[C@]3(C)CCC[C@@]4(C(=O)O[C@@H](c5ccoc5)C[C@@H]14)[C@@H]32. The van der Waals surface area contributed by atoms with E-state index in [1.807, 2.05) is 6.07 Å². The number of rotatable bonds is 1. The maximum atomic E-state index is 13.3. The summed E-state index contributed by atoms with van der Waals surface area (Å²) in [5, 5.41) is 11.2. The molecule has 6 atom stereocenters. The van der Waals surface area contributed by atoms with Crippen LogP contribution in [0.2, 0.25) is 0 Å². The number of furan rings is 1. The monoisotopic (exact) mass is 328 g/mol. The number of hydrogen-bond donors (Lipinski definition) is 1. The molecular weight excluding hydrogens is 304 g/mol. The van der Waals surface area contributed by atoms with E-state index in [1.54, 1.807) is 12.5 Å². The van der Waals surface area contributed by atoms with E-state index < -0.39 is 11.0 Å². The number of allylic oxidation sites excluding steroid dienone is 1. The van der Waals surface area contributed by atoms with Crippen LogP contribution < -0.4 is 0 Å². The second-order valence-electron chi connectivity index (χ2n) is 8.78.